The first kappa shape index (κ1) is 35.8. The van der Waals surface area contributed by atoms with Gasteiger partial charge < -0.3 is 19.0 Å². The third-order valence-electron chi connectivity index (χ3n) is 12.6. The van der Waals surface area contributed by atoms with Gasteiger partial charge in [0.15, 0.2) is 5.58 Å². The van der Waals surface area contributed by atoms with Gasteiger partial charge in [-0.05, 0) is 107 Å². The molecule has 0 spiro atoms. The summed E-state index contributed by atoms with van der Waals surface area (Å²) in [5.74, 6) is 1.79. The van der Waals surface area contributed by atoms with Crippen LogP contribution in [-0.2, 0) is 10.8 Å². The first-order valence-corrected chi connectivity index (χ1v) is 20.8. The molecule has 1 aliphatic carbocycles. The minimum Gasteiger partial charge on any atom is -0.457 e. The molecule has 0 N–H and O–H groups in total. The van der Waals surface area contributed by atoms with E-state index in [1.807, 2.05) is 0 Å². The number of furan rings is 1. The van der Waals surface area contributed by atoms with Crippen molar-refractivity contribution in [1.29, 1.82) is 0 Å². The molecular weight excluding hydrogens is 733 g/mol. The zero-order valence-electron chi connectivity index (χ0n) is 34.2. The van der Waals surface area contributed by atoms with Crippen molar-refractivity contribution in [3.63, 3.8) is 0 Å². The summed E-state index contributed by atoms with van der Waals surface area (Å²) < 4.78 is 13.8. The number of rotatable bonds is 6. The quantitative estimate of drug-likeness (QED) is 0.168. The molecule has 0 saturated carbocycles. The van der Waals surface area contributed by atoms with E-state index in [0.29, 0.717) is 0 Å². The lowest BCUT2D eigenvalue weighted by molar-refractivity contribution is 0.416. The van der Waals surface area contributed by atoms with Crippen molar-refractivity contribution in [3.05, 3.63) is 215 Å². The second-order valence-electron chi connectivity index (χ2n) is 16.9. The number of anilines is 6. The highest BCUT2D eigenvalue weighted by molar-refractivity contribution is 6.13. The van der Waals surface area contributed by atoms with Crippen LogP contribution in [0.1, 0.15) is 61.1 Å². The van der Waals surface area contributed by atoms with Gasteiger partial charge in [0.2, 0.25) is 0 Å². The van der Waals surface area contributed by atoms with Gasteiger partial charge in [0, 0.05) is 61.2 Å². The second-order valence-corrected chi connectivity index (χ2v) is 16.9. The van der Waals surface area contributed by atoms with Crippen molar-refractivity contribution in [3.8, 4) is 11.5 Å². The first-order chi connectivity index (χ1) is 29.3. The minimum absolute atomic E-state index is 0.384. The molecule has 0 bridgehead atoms. The summed E-state index contributed by atoms with van der Waals surface area (Å²) in [7, 11) is 0. The number of hydrogen-bond acceptors (Lipinski definition) is 4. The molecule has 0 amide bonds. The fourth-order valence-electron chi connectivity index (χ4n) is 9.90. The Bertz CT molecular complexity index is 3030. The van der Waals surface area contributed by atoms with E-state index in [4.69, 9.17) is 9.15 Å². The van der Waals surface area contributed by atoms with Crippen LogP contribution in [0.25, 0.3) is 34.1 Å². The Kier molecular flexibility index (Phi) is 8.15. The van der Waals surface area contributed by atoms with Crippen LogP contribution < -0.4 is 14.5 Å². The molecule has 0 atom stereocenters. The largest absolute Gasteiger partial charge is 0.457 e. The molecule has 2 heterocycles. The molecule has 4 nitrogen and oxygen atoms in total. The number of para-hydroxylation sites is 5. The number of nitrogens with zero attached hydrogens (tertiary/aromatic N) is 2. The maximum Gasteiger partial charge on any atom is 0.159 e. The van der Waals surface area contributed by atoms with E-state index >= 15 is 0 Å². The third kappa shape index (κ3) is 5.51. The third-order valence-corrected chi connectivity index (χ3v) is 12.6. The lowest BCUT2D eigenvalue weighted by Crippen LogP contribution is -2.29. The molecular formula is C56H44N2O2. The van der Waals surface area contributed by atoms with Crippen LogP contribution in [0.2, 0.25) is 0 Å². The van der Waals surface area contributed by atoms with Crippen LogP contribution in [0.15, 0.2) is 186 Å². The molecule has 1 aliphatic heterocycles. The van der Waals surface area contributed by atoms with Crippen molar-refractivity contribution >= 4 is 68.2 Å². The van der Waals surface area contributed by atoms with Gasteiger partial charge in [-0.2, -0.15) is 0 Å². The summed E-state index contributed by atoms with van der Waals surface area (Å²) in [6.45, 7) is 9.43. The standard InChI is InChI=1S/C56H44N2O2/c1-55(2)45-32-35-50-53(56(3,4)46-36-42(30-34-48(46)59-50)57(38-18-9-5-10-19-38)39-20-11-6-12-21-39)43(45)31-28-37-29-33-49-51(52(37)55)44-26-17-27-47(54(44)60-49)58(40-22-13-7-14-23-40)41-24-15-8-16-25-41/h5-36H,1-4H3. The Balaban J connectivity index is 1.06. The van der Waals surface area contributed by atoms with Gasteiger partial charge in [-0.15, -0.1) is 0 Å². The fourth-order valence-corrected chi connectivity index (χ4v) is 9.90. The van der Waals surface area contributed by atoms with Gasteiger partial charge in [0.25, 0.3) is 0 Å². The summed E-state index contributed by atoms with van der Waals surface area (Å²) in [6.07, 6.45) is 4.63. The SMILES string of the molecule is CC1(C)c2cc(N(c3ccccc3)c3ccccc3)ccc2Oc2ccc3c(c21)C=Cc1ccc2oc4c(N(c5ccccc5)c5ccccc5)cccc4c2c1C3(C)C. The average Bonchev–Trinajstić information content (AvgIpc) is 3.61. The highest BCUT2D eigenvalue weighted by Gasteiger charge is 2.41. The van der Waals surface area contributed by atoms with E-state index in [9.17, 15) is 0 Å². The van der Waals surface area contributed by atoms with Gasteiger partial charge >= 0.3 is 0 Å². The maximum absolute atomic E-state index is 6.96. The summed E-state index contributed by atoms with van der Waals surface area (Å²) in [6, 6.07) is 64.3. The van der Waals surface area contributed by atoms with Crippen LogP contribution in [0.4, 0.5) is 34.1 Å². The molecule has 11 rings (SSSR count). The van der Waals surface area contributed by atoms with Crippen molar-refractivity contribution in [2.75, 3.05) is 9.80 Å². The molecule has 2 aliphatic rings. The smallest absolute Gasteiger partial charge is 0.159 e. The Morgan fingerprint density at radius 2 is 1.00 bits per heavy atom. The normalized spacial score (nSPS) is 14.3. The Hall–Kier alpha value is -7.30. The molecule has 0 fully saturated rings. The second kappa shape index (κ2) is 13.6. The summed E-state index contributed by atoms with van der Waals surface area (Å²) in [5, 5.41) is 2.25. The first-order valence-electron chi connectivity index (χ1n) is 20.8. The number of fused-ring (bicyclic) bond motifs is 9. The fraction of sp³-hybridized carbons (Fsp3) is 0.107. The summed E-state index contributed by atoms with van der Waals surface area (Å²) in [5.41, 5.74) is 14.7. The van der Waals surface area contributed by atoms with Crippen LogP contribution in [0.3, 0.4) is 0 Å². The average molecular weight is 777 g/mol. The molecule has 0 saturated heterocycles. The minimum atomic E-state index is -0.399. The van der Waals surface area contributed by atoms with Crippen LogP contribution in [0, 0.1) is 0 Å². The number of benzene rings is 8. The van der Waals surface area contributed by atoms with Crippen LogP contribution in [0.5, 0.6) is 11.5 Å². The van der Waals surface area contributed by atoms with Crippen molar-refractivity contribution in [2.45, 2.75) is 38.5 Å². The van der Waals surface area contributed by atoms with E-state index in [1.54, 1.807) is 0 Å². The van der Waals surface area contributed by atoms with E-state index in [2.05, 4.69) is 232 Å². The topological polar surface area (TPSA) is 28.9 Å². The van der Waals surface area contributed by atoms with Gasteiger partial charge in [0.05, 0.1) is 5.69 Å². The lowest BCUT2D eigenvalue weighted by atomic mass is 9.68. The van der Waals surface area contributed by atoms with Crippen LogP contribution >= 0.6 is 0 Å². The molecule has 0 unspecified atom stereocenters. The summed E-state index contributed by atoms with van der Waals surface area (Å²) in [4.78, 5) is 4.61. The molecule has 4 heteroatoms. The molecule has 8 aromatic carbocycles. The predicted octanol–water partition coefficient (Wildman–Crippen LogP) is 15.8. The Morgan fingerprint density at radius 3 is 1.62 bits per heavy atom. The zero-order chi connectivity index (χ0) is 40.6. The molecule has 60 heavy (non-hydrogen) atoms. The zero-order valence-corrected chi connectivity index (χ0v) is 34.2. The summed E-state index contributed by atoms with van der Waals surface area (Å²) >= 11 is 0. The molecule has 9 aromatic rings. The van der Waals surface area contributed by atoms with E-state index in [1.165, 1.54) is 27.8 Å². The predicted molar refractivity (Wildman–Crippen MR) is 249 cm³/mol. The van der Waals surface area contributed by atoms with E-state index in [-0.39, 0.29) is 5.41 Å². The molecule has 290 valence electrons. The maximum atomic E-state index is 6.96. The highest BCUT2D eigenvalue weighted by atomic mass is 16.5. The number of ether oxygens (including phenoxy) is 1. The lowest BCUT2D eigenvalue weighted by Gasteiger charge is -2.39. The highest BCUT2D eigenvalue weighted by Crippen LogP contribution is 2.55. The van der Waals surface area contributed by atoms with Crippen molar-refractivity contribution in [1.82, 2.24) is 0 Å². The van der Waals surface area contributed by atoms with Gasteiger partial charge in [0.1, 0.15) is 17.1 Å². The molecule has 1 aromatic heterocycles. The van der Waals surface area contributed by atoms with Crippen molar-refractivity contribution < 1.29 is 9.15 Å². The number of hydrogen-bond donors (Lipinski definition) is 0. The van der Waals surface area contributed by atoms with Gasteiger partial charge in [-0.1, -0.05) is 137 Å². The van der Waals surface area contributed by atoms with Gasteiger partial charge in [-0.25, -0.2) is 0 Å². The Labute approximate surface area is 351 Å². The Morgan fingerprint density at radius 1 is 0.433 bits per heavy atom. The van der Waals surface area contributed by atoms with E-state index in [0.717, 1.165) is 73.1 Å². The van der Waals surface area contributed by atoms with Crippen molar-refractivity contribution in [2.24, 2.45) is 0 Å². The van der Waals surface area contributed by atoms with Gasteiger partial charge in [-0.3, -0.25) is 0 Å². The van der Waals surface area contributed by atoms with Crippen LogP contribution in [-0.4, -0.2) is 0 Å². The molecule has 0 radical (unpaired) electrons. The monoisotopic (exact) mass is 776 g/mol. The van der Waals surface area contributed by atoms with E-state index < -0.39 is 5.41 Å².